The molecule has 0 aliphatic rings. The minimum absolute atomic E-state index is 0.454. The van der Waals surface area contributed by atoms with E-state index in [1.807, 2.05) is 32.9 Å². The number of hydrogen-bond donors (Lipinski definition) is 0. The molecular weight excluding hydrogens is 210 g/mol. The van der Waals surface area contributed by atoms with Gasteiger partial charge in [-0.1, -0.05) is 37.3 Å². The number of carbonyl (C=O) groups excluding carboxylic acids is 1. The highest BCUT2D eigenvalue weighted by atomic mass is 16.1. The van der Waals surface area contributed by atoms with Gasteiger partial charge in [0, 0.05) is 0 Å². The number of rotatable bonds is 4. The van der Waals surface area contributed by atoms with Crippen LogP contribution in [0.4, 0.5) is 0 Å². The molecule has 1 unspecified atom stereocenters. The van der Waals surface area contributed by atoms with Crippen LogP contribution in [0.15, 0.2) is 35.3 Å². The van der Waals surface area contributed by atoms with Gasteiger partial charge < -0.3 is 0 Å². The Morgan fingerprint density at radius 3 is 2.41 bits per heavy atom. The highest BCUT2D eigenvalue weighted by molar-refractivity contribution is 5.63. The van der Waals surface area contributed by atoms with E-state index in [9.17, 15) is 4.79 Å². The van der Waals surface area contributed by atoms with Gasteiger partial charge in [0.25, 0.3) is 0 Å². The molecule has 0 N–H and O–H groups in total. The first-order valence-corrected chi connectivity index (χ1v) is 5.90. The van der Waals surface area contributed by atoms with E-state index in [-0.39, 0.29) is 0 Å². The first kappa shape index (κ1) is 13.4. The van der Waals surface area contributed by atoms with Crippen LogP contribution < -0.4 is 0 Å². The van der Waals surface area contributed by atoms with Gasteiger partial charge in [0.2, 0.25) is 6.08 Å². The Labute approximate surface area is 103 Å². The van der Waals surface area contributed by atoms with Crippen LogP contribution in [0, 0.1) is 0 Å². The molecule has 0 heterocycles. The van der Waals surface area contributed by atoms with Gasteiger partial charge in [-0.2, -0.15) is 4.99 Å². The van der Waals surface area contributed by atoms with Gasteiger partial charge in [-0.25, -0.2) is 4.79 Å². The normalized spacial score (nSPS) is 14.9. The third-order valence-corrected chi connectivity index (χ3v) is 3.38. The molecule has 0 aliphatic carbocycles. The Morgan fingerprint density at radius 2 is 2.00 bits per heavy atom. The van der Waals surface area contributed by atoms with Gasteiger partial charge in [-0.05, 0) is 43.9 Å². The fraction of sp³-hybridized carbons (Fsp3) is 0.400. The summed E-state index contributed by atoms with van der Waals surface area (Å²) in [6, 6.07) is 8.21. The van der Waals surface area contributed by atoms with Crippen LogP contribution in [0.3, 0.4) is 0 Å². The van der Waals surface area contributed by atoms with Crippen molar-refractivity contribution in [2.75, 3.05) is 0 Å². The van der Waals surface area contributed by atoms with Crippen LogP contribution in [0.25, 0.3) is 5.57 Å². The van der Waals surface area contributed by atoms with Crippen molar-refractivity contribution >= 4 is 11.7 Å². The van der Waals surface area contributed by atoms with Crippen molar-refractivity contribution in [3.8, 4) is 0 Å². The zero-order valence-corrected chi connectivity index (χ0v) is 10.9. The zero-order chi connectivity index (χ0) is 12.9. The van der Waals surface area contributed by atoms with Gasteiger partial charge in [-0.15, -0.1) is 0 Å². The Morgan fingerprint density at radius 1 is 1.41 bits per heavy atom. The smallest absolute Gasteiger partial charge is 0.211 e. The van der Waals surface area contributed by atoms with E-state index in [4.69, 9.17) is 0 Å². The topological polar surface area (TPSA) is 29.4 Å². The summed E-state index contributed by atoms with van der Waals surface area (Å²) >= 11 is 0. The maximum atomic E-state index is 10.5. The third kappa shape index (κ3) is 2.92. The van der Waals surface area contributed by atoms with Crippen molar-refractivity contribution in [3.63, 3.8) is 0 Å². The van der Waals surface area contributed by atoms with Crippen molar-refractivity contribution in [3.05, 3.63) is 41.5 Å². The van der Waals surface area contributed by atoms with Crippen molar-refractivity contribution in [2.45, 2.75) is 39.7 Å². The molecule has 0 aliphatic heterocycles. The lowest BCUT2D eigenvalue weighted by Crippen LogP contribution is -2.17. The molecule has 1 atom stereocenters. The van der Waals surface area contributed by atoms with E-state index < -0.39 is 5.54 Å². The van der Waals surface area contributed by atoms with Crippen LogP contribution in [-0.4, -0.2) is 6.08 Å². The fourth-order valence-corrected chi connectivity index (χ4v) is 1.71. The third-order valence-electron chi connectivity index (χ3n) is 3.38. The summed E-state index contributed by atoms with van der Waals surface area (Å²) < 4.78 is 0. The number of isocyanates is 1. The second kappa shape index (κ2) is 5.60. The molecule has 0 amide bonds. The lowest BCUT2D eigenvalue weighted by molar-refractivity contribution is 0.469. The molecule has 0 spiro atoms. The van der Waals surface area contributed by atoms with Gasteiger partial charge in [0.1, 0.15) is 0 Å². The summed E-state index contributed by atoms with van der Waals surface area (Å²) in [5.41, 5.74) is 3.04. The molecule has 0 radical (unpaired) electrons. The molecule has 1 aromatic carbocycles. The molecular formula is C15H19NO. The van der Waals surface area contributed by atoms with E-state index in [1.54, 1.807) is 6.08 Å². The van der Waals surface area contributed by atoms with Gasteiger partial charge in [-0.3, -0.25) is 0 Å². The Kier molecular flexibility index (Phi) is 4.42. The Bertz CT molecular complexity index is 452. The van der Waals surface area contributed by atoms with E-state index >= 15 is 0 Å². The molecule has 0 aromatic heterocycles. The number of aliphatic imine (C=N–C) groups is 1. The molecule has 0 saturated heterocycles. The molecule has 0 fully saturated rings. The van der Waals surface area contributed by atoms with E-state index in [1.165, 1.54) is 11.1 Å². The van der Waals surface area contributed by atoms with Crippen molar-refractivity contribution < 1.29 is 4.79 Å². The predicted molar refractivity (Wildman–Crippen MR) is 71.5 cm³/mol. The van der Waals surface area contributed by atoms with Crippen molar-refractivity contribution in [1.82, 2.24) is 0 Å². The molecule has 1 rings (SSSR count). The summed E-state index contributed by atoms with van der Waals surface area (Å²) in [6.07, 6.45) is 4.53. The minimum atomic E-state index is -0.454. The number of hydrogen-bond acceptors (Lipinski definition) is 2. The average Bonchev–Trinajstić information content (AvgIpc) is 2.38. The van der Waals surface area contributed by atoms with Crippen LogP contribution in [0.2, 0.25) is 0 Å². The van der Waals surface area contributed by atoms with Crippen LogP contribution >= 0.6 is 0 Å². The number of allylic oxidation sites excluding steroid dienone is 2. The molecule has 2 heteroatoms. The molecule has 0 saturated carbocycles. The number of nitrogens with zero attached hydrogens (tertiary/aromatic N) is 1. The zero-order valence-electron chi connectivity index (χ0n) is 10.9. The summed E-state index contributed by atoms with van der Waals surface area (Å²) in [6.45, 7) is 8.08. The monoisotopic (exact) mass is 229 g/mol. The minimum Gasteiger partial charge on any atom is -0.211 e. The lowest BCUT2D eigenvalue weighted by Gasteiger charge is -2.22. The van der Waals surface area contributed by atoms with Crippen molar-refractivity contribution in [2.24, 2.45) is 4.99 Å². The average molecular weight is 229 g/mol. The first-order chi connectivity index (χ1) is 8.07. The van der Waals surface area contributed by atoms with Gasteiger partial charge >= 0.3 is 0 Å². The van der Waals surface area contributed by atoms with Gasteiger partial charge in [0.15, 0.2) is 0 Å². The number of benzene rings is 1. The molecule has 17 heavy (non-hydrogen) atoms. The largest absolute Gasteiger partial charge is 0.235 e. The SMILES string of the molecule is CC=C(C)c1ccc(C(C)(CC)N=C=O)cc1. The summed E-state index contributed by atoms with van der Waals surface area (Å²) in [5, 5.41) is 0. The first-order valence-electron chi connectivity index (χ1n) is 5.90. The molecule has 0 bridgehead atoms. The van der Waals surface area contributed by atoms with E-state index in [0.717, 1.165) is 12.0 Å². The highest BCUT2D eigenvalue weighted by Gasteiger charge is 2.23. The predicted octanol–water partition coefficient (Wildman–Crippen LogP) is 4.07. The van der Waals surface area contributed by atoms with E-state index in [0.29, 0.717) is 0 Å². The second-order valence-electron chi connectivity index (χ2n) is 4.38. The standard InChI is InChI=1S/C15H19NO/c1-5-12(3)13-7-9-14(10-8-13)15(4,6-2)16-11-17/h5,7-10H,6H2,1-4H3. The Balaban J connectivity index is 3.13. The molecule has 90 valence electrons. The fourth-order valence-electron chi connectivity index (χ4n) is 1.71. The second-order valence-corrected chi connectivity index (χ2v) is 4.38. The highest BCUT2D eigenvalue weighted by Crippen LogP contribution is 2.29. The van der Waals surface area contributed by atoms with Crippen LogP contribution in [-0.2, 0) is 10.3 Å². The van der Waals surface area contributed by atoms with Crippen LogP contribution in [0.5, 0.6) is 0 Å². The molecule has 2 nitrogen and oxygen atoms in total. The maximum Gasteiger partial charge on any atom is 0.235 e. The Hall–Kier alpha value is -1.66. The lowest BCUT2D eigenvalue weighted by atomic mass is 9.89. The molecule has 1 aromatic rings. The summed E-state index contributed by atoms with van der Waals surface area (Å²) in [4.78, 5) is 14.4. The quantitative estimate of drug-likeness (QED) is 0.565. The van der Waals surface area contributed by atoms with Crippen molar-refractivity contribution in [1.29, 1.82) is 0 Å². The summed E-state index contributed by atoms with van der Waals surface area (Å²) in [5.74, 6) is 0. The maximum absolute atomic E-state index is 10.5. The van der Waals surface area contributed by atoms with Gasteiger partial charge in [0.05, 0.1) is 5.54 Å². The summed E-state index contributed by atoms with van der Waals surface area (Å²) in [7, 11) is 0. The van der Waals surface area contributed by atoms with Crippen LogP contribution in [0.1, 0.15) is 45.2 Å². The van der Waals surface area contributed by atoms with E-state index in [2.05, 4.69) is 30.1 Å².